The summed E-state index contributed by atoms with van der Waals surface area (Å²) >= 11 is 8.69. The Hall–Kier alpha value is -1.41. The second kappa shape index (κ2) is 6.24. The van der Waals surface area contributed by atoms with Gasteiger partial charge in [0.2, 0.25) is 0 Å². The molecule has 0 unspecified atom stereocenters. The lowest BCUT2D eigenvalue weighted by atomic mass is 10.1. The second-order valence-corrected chi connectivity index (χ2v) is 7.13. The largest absolute Gasteiger partial charge is 0.367 e. The molecule has 1 saturated carbocycles. The van der Waals surface area contributed by atoms with Crippen molar-refractivity contribution < 1.29 is 0 Å². The minimum atomic E-state index is 0.460. The molecule has 118 valence electrons. The van der Waals surface area contributed by atoms with Gasteiger partial charge in [0.25, 0.3) is 5.78 Å². The van der Waals surface area contributed by atoms with Crippen LogP contribution in [0.25, 0.3) is 16.9 Å². The molecule has 0 radical (unpaired) electrons. The predicted octanol–water partition coefficient (Wildman–Crippen LogP) is 4.40. The molecule has 1 fully saturated rings. The molecule has 0 bridgehead atoms. The van der Waals surface area contributed by atoms with Crippen molar-refractivity contribution in [1.82, 2.24) is 19.6 Å². The molecule has 1 aliphatic carbocycles. The van der Waals surface area contributed by atoms with Gasteiger partial charge in [0.15, 0.2) is 0 Å². The van der Waals surface area contributed by atoms with Crippen LogP contribution in [0.2, 0.25) is 5.02 Å². The van der Waals surface area contributed by atoms with Crippen molar-refractivity contribution in [3.8, 4) is 11.1 Å². The van der Waals surface area contributed by atoms with Crippen LogP contribution in [0.15, 0.2) is 30.6 Å². The first-order valence-corrected chi connectivity index (χ1v) is 9.10. The molecule has 23 heavy (non-hydrogen) atoms. The Kier molecular flexibility index (Phi) is 4.11. The van der Waals surface area contributed by atoms with Gasteiger partial charge in [-0.25, -0.2) is 4.98 Å². The number of anilines is 1. The fourth-order valence-corrected chi connectivity index (χ4v) is 4.11. The van der Waals surface area contributed by atoms with Crippen molar-refractivity contribution in [2.24, 2.45) is 0 Å². The fourth-order valence-electron chi connectivity index (χ4n) is 3.12. The van der Waals surface area contributed by atoms with Gasteiger partial charge in [-0.3, -0.25) is 0 Å². The summed E-state index contributed by atoms with van der Waals surface area (Å²) < 4.78 is 2.65. The maximum Gasteiger partial charge on any atom is 0.255 e. The van der Waals surface area contributed by atoms with E-state index >= 15 is 0 Å². The van der Waals surface area contributed by atoms with Gasteiger partial charge in [0.05, 0.1) is 5.56 Å². The zero-order chi connectivity index (χ0) is 15.8. The van der Waals surface area contributed by atoms with Crippen LogP contribution < -0.4 is 5.32 Å². The van der Waals surface area contributed by atoms with Crippen LogP contribution in [-0.2, 0) is 0 Å². The summed E-state index contributed by atoms with van der Waals surface area (Å²) in [5.74, 6) is 1.53. The molecule has 0 amide bonds. The smallest absolute Gasteiger partial charge is 0.255 e. The first kappa shape index (κ1) is 15.1. The van der Waals surface area contributed by atoms with Gasteiger partial charge in [-0.05, 0) is 41.5 Å². The summed E-state index contributed by atoms with van der Waals surface area (Å²) in [5.41, 5.74) is 1.95. The topological polar surface area (TPSA) is 55.1 Å². The van der Waals surface area contributed by atoms with E-state index in [1.54, 1.807) is 4.52 Å². The third-order valence-electron chi connectivity index (χ3n) is 4.22. The summed E-state index contributed by atoms with van der Waals surface area (Å²) in [6.07, 6.45) is 6.42. The van der Waals surface area contributed by atoms with E-state index in [1.807, 2.05) is 24.3 Å². The third kappa shape index (κ3) is 2.78. The van der Waals surface area contributed by atoms with Gasteiger partial charge >= 0.3 is 0 Å². The zero-order valence-electron chi connectivity index (χ0n) is 12.3. The molecule has 1 aromatic carbocycles. The summed E-state index contributed by atoms with van der Waals surface area (Å²) in [7, 11) is 0. The number of aromatic nitrogens is 4. The van der Waals surface area contributed by atoms with Gasteiger partial charge in [-0.15, -0.1) is 0 Å². The standard InChI is InChI=1S/C16H15ClIN5/c17-12-8-4-3-7-11(12)13-14(18)22-16-19-9-20-23(16)15(13)21-10-5-1-2-6-10/h3-4,7-10,21H,1-2,5-6H2. The Morgan fingerprint density at radius 3 is 2.78 bits per heavy atom. The van der Waals surface area contributed by atoms with E-state index < -0.39 is 0 Å². The number of rotatable bonds is 3. The van der Waals surface area contributed by atoms with Gasteiger partial charge in [-0.1, -0.05) is 42.6 Å². The van der Waals surface area contributed by atoms with Crippen molar-refractivity contribution in [3.05, 3.63) is 39.3 Å². The molecular formula is C16H15ClIN5. The highest BCUT2D eigenvalue weighted by Crippen LogP contribution is 2.37. The van der Waals surface area contributed by atoms with E-state index in [2.05, 4.69) is 43.0 Å². The van der Waals surface area contributed by atoms with Crippen molar-refractivity contribution >= 4 is 45.8 Å². The third-order valence-corrected chi connectivity index (χ3v) is 5.33. The Morgan fingerprint density at radius 1 is 1.22 bits per heavy atom. The number of fused-ring (bicyclic) bond motifs is 1. The maximum atomic E-state index is 6.44. The molecule has 7 heteroatoms. The van der Waals surface area contributed by atoms with Crippen LogP contribution in [0.3, 0.4) is 0 Å². The average Bonchev–Trinajstić information content (AvgIpc) is 3.20. The number of nitrogens with one attached hydrogen (secondary N) is 1. The number of hydrogen-bond donors (Lipinski definition) is 1. The van der Waals surface area contributed by atoms with Crippen LogP contribution in [0.5, 0.6) is 0 Å². The van der Waals surface area contributed by atoms with Crippen LogP contribution in [0.1, 0.15) is 25.7 Å². The summed E-state index contributed by atoms with van der Waals surface area (Å²) in [4.78, 5) is 8.80. The van der Waals surface area contributed by atoms with E-state index in [0.29, 0.717) is 16.8 Å². The Labute approximate surface area is 152 Å². The highest BCUT2D eigenvalue weighted by Gasteiger charge is 2.22. The van der Waals surface area contributed by atoms with E-state index in [9.17, 15) is 0 Å². The van der Waals surface area contributed by atoms with E-state index in [1.165, 1.54) is 32.0 Å². The van der Waals surface area contributed by atoms with E-state index in [4.69, 9.17) is 11.6 Å². The molecule has 5 nitrogen and oxygen atoms in total. The molecule has 0 spiro atoms. The normalized spacial score (nSPS) is 15.4. The average molecular weight is 440 g/mol. The number of hydrogen-bond acceptors (Lipinski definition) is 4. The molecule has 2 heterocycles. The summed E-state index contributed by atoms with van der Waals surface area (Å²) in [6.45, 7) is 0. The summed E-state index contributed by atoms with van der Waals surface area (Å²) in [5, 5.41) is 8.72. The highest BCUT2D eigenvalue weighted by molar-refractivity contribution is 14.1. The van der Waals surface area contributed by atoms with Crippen LogP contribution >= 0.6 is 34.2 Å². The molecular weight excluding hydrogens is 425 g/mol. The molecule has 4 rings (SSSR count). The number of nitrogens with zero attached hydrogens (tertiary/aromatic N) is 4. The van der Waals surface area contributed by atoms with Crippen molar-refractivity contribution in [1.29, 1.82) is 0 Å². The zero-order valence-corrected chi connectivity index (χ0v) is 15.3. The Balaban J connectivity index is 1.94. The van der Waals surface area contributed by atoms with E-state index in [0.717, 1.165) is 20.6 Å². The minimum Gasteiger partial charge on any atom is -0.367 e. The molecule has 0 aliphatic heterocycles. The Bertz CT molecular complexity index is 857. The van der Waals surface area contributed by atoms with Crippen molar-refractivity contribution in [3.63, 3.8) is 0 Å². The van der Waals surface area contributed by atoms with Crippen molar-refractivity contribution in [2.75, 3.05) is 5.32 Å². The van der Waals surface area contributed by atoms with Crippen LogP contribution in [-0.4, -0.2) is 25.6 Å². The lowest BCUT2D eigenvalue weighted by Crippen LogP contribution is -2.19. The van der Waals surface area contributed by atoms with Crippen LogP contribution in [0, 0.1) is 3.70 Å². The highest BCUT2D eigenvalue weighted by atomic mass is 127. The fraction of sp³-hybridized carbons (Fsp3) is 0.312. The molecule has 0 saturated heterocycles. The lowest BCUT2D eigenvalue weighted by Gasteiger charge is -2.19. The van der Waals surface area contributed by atoms with Gasteiger partial charge in [0.1, 0.15) is 15.8 Å². The quantitative estimate of drug-likeness (QED) is 0.485. The predicted molar refractivity (Wildman–Crippen MR) is 99.8 cm³/mol. The number of halogens is 2. The lowest BCUT2D eigenvalue weighted by molar-refractivity contribution is 0.740. The number of benzene rings is 1. The maximum absolute atomic E-state index is 6.44. The van der Waals surface area contributed by atoms with Gasteiger partial charge < -0.3 is 5.32 Å². The SMILES string of the molecule is Clc1ccccc1-c1c(I)nc2ncnn2c1NC1CCCC1. The van der Waals surface area contributed by atoms with Gasteiger partial charge in [-0.2, -0.15) is 14.6 Å². The second-order valence-electron chi connectivity index (χ2n) is 5.70. The van der Waals surface area contributed by atoms with Gasteiger partial charge in [0, 0.05) is 16.6 Å². The molecule has 0 atom stereocenters. The molecule has 2 aromatic heterocycles. The Morgan fingerprint density at radius 2 is 2.00 bits per heavy atom. The first-order valence-electron chi connectivity index (χ1n) is 7.64. The molecule has 3 aromatic rings. The minimum absolute atomic E-state index is 0.460. The van der Waals surface area contributed by atoms with E-state index in [-0.39, 0.29) is 0 Å². The van der Waals surface area contributed by atoms with Crippen molar-refractivity contribution in [2.45, 2.75) is 31.7 Å². The first-order chi connectivity index (χ1) is 11.2. The molecule has 1 N–H and O–H groups in total. The monoisotopic (exact) mass is 439 g/mol. The van der Waals surface area contributed by atoms with Crippen LogP contribution in [0.4, 0.5) is 5.82 Å². The molecule has 1 aliphatic rings. The summed E-state index contributed by atoms with van der Waals surface area (Å²) in [6, 6.07) is 8.30.